The number of rotatable bonds is 5. The second-order valence-corrected chi connectivity index (χ2v) is 6.72. The van der Waals surface area contributed by atoms with E-state index in [0.717, 1.165) is 32.9 Å². The lowest BCUT2D eigenvalue weighted by Crippen LogP contribution is -2.17. The lowest BCUT2D eigenvalue weighted by Gasteiger charge is -2.08. The molecule has 0 aromatic heterocycles. The maximum Gasteiger partial charge on any atom is 0.224 e. The molecular formula is C24H20N2O2. The third-order valence-corrected chi connectivity index (χ3v) is 4.65. The van der Waals surface area contributed by atoms with Gasteiger partial charge in [-0.3, -0.25) is 9.59 Å². The van der Waals surface area contributed by atoms with Crippen molar-refractivity contribution in [2.75, 3.05) is 10.6 Å². The van der Waals surface area contributed by atoms with Crippen LogP contribution in [0.2, 0.25) is 0 Å². The van der Waals surface area contributed by atoms with E-state index in [-0.39, 0.29) is 24.7 Å². The highest BCUT2D eigenvalue weighted by atomic mass is 16.2. The van der Waals surface area contributed by atoms with Crippen LogP contribution in [0.25, 0.3) is 21.5 Å². The number of benzene rings is 4. The number of fused-ring (bicyclic) bond motifs is 2. The third-order valence-electron chi connectivity index (χ3n) is 4.65. The molecule has 4 heteroatoms. The van der Waals surface area contributed by atoms with Gasteiger partial charge < -0.3 is 10.6 Å². The van der Waals surface area contributed by atoms with E-state index in [2.05, 4.69) is 10.6 Å². The predicted octanol–water partition coefficient (Wildman–Crippen LogP) is 5.35. The first-order chi connectivity index (χ1) is 13.7. The van der Waals surface area contributed by atoms with Crippen LogP contribution in [0.1, 0.15) is 12.8 Å². The average molecular weight is 368 g/mol. The fourth-order valence-electron chi connectivity index (χ4n) is 3.21. The summed E-state index contributed by atoms with van der Waals surface area (Å²) in [4.78, 5) is 24.4. The Morgan fingerprint density at radius 1 is 0.536 bits per heavy atom. The summed E-state index contributed by atoms with van der Waals surface area (Å²) < 4.78 is 0. The molecule has 0 atom stereocenters. The number of carbonyl (C=O) groups is 2. The molecule has 0 aliphatic heterocycles. The van der Waals surface area contributed by atoms with Gasteiger partial charge in [-0.2, -0.15) is 0 Å². The van der Waals surface area contributed by atoms with Crippen molar-refractivity contribution in [3.8, 4) is 0 Å². The summed E-state index contributed by atoms with van der Waals surface area (Å²) in [6.45, 7) is 0. The Labute approximate surface area is 163 Å². The van der Waals surface area contributed by atoms with Crippen molar-refractivity contribution in [2.24, 2.45) is 0 Å². The standard InChI is InChI=1S/C24H20N2O2/c27-23(25-21-11-9-17-5-1-3-7-19(17)15-21)13-14-24(28)26-22-12-10-18-6-2-4-8-20(18)16-22/h1-12,15-16H,13-14H2,(H,25,27)(H,26,28). The summed E-state index contributed by atoms with van der Waals surface area (Å²) >= 11 is 0. The van der Waals surface area contributed by atoms with E-state index >= 15 is 0 Å². The molecule has 4 aromatic rings. The van der Waals surface area contributed by atoms with Crippen molar-refractivity contribution in [3.63, 3.8) is 0 Å². The summed E-state index contributed by atoms with van der Waals surface area (Å²) in [5, 5.41) is 10.1. The quantitative estimate of drug-likeness (QED) is 0.499. The molecule has 4 rings (SSSR count). The molecule has 4 nitrogen and oxygen atoms in total. The van der Waals surface area contributed by atoms with Crippen LogP contribution in [0, 0.1) is 0 Å². The summed E-state index contributed by atoms with van der Waals surface area (Å²) in [7, 11) is 0. The monoisotopic (exact) mass is 368 g/mol. The minimum Gasteiger partial charge on any atom is -0.326 e. The smallest absolute Gasteiger partial charge is 0.224 e. The Bertz CT molecular complexity index is 1070. The molecule has 28 heavy (non-hydrogen) atoms. The topological polar surface area (TPSA) is 58.2 Å². The highest BCUT2D eigenvalue weighted by Crippen LogP contribution is 2.20. The van der Waals surface area contributed by atoms with Gasteiger partial charge in [0.25, 0.3) is 0 Å². The largest absolute Gasteiger partial charge is 0.326 e. The van der Waals surface area contributed by atoms with Crippen molar-refractivity contribution >= 4 is 44.7 Å². The van der Waals surface area contributed by atoms with Gasteiger partial charge >= 0.3 is 0 Å². The van der Waals surface area contributed by atoms with Crippen molar-refractivity contribution in [1.29, 1.82) is 0 Å². The van der Waals surface area contributed by atoms with Gasteiger partial charge in [-0.1, -0.05) is 60.7 Å². The van der Waals surface area contributed by atoms with E-state index in [1.165, 1.54) is 0 Å². The zero-order chi connectivity index (χ0) is 19.3. The average Bonchev–Trinajstić information content (AvgIpc) is 2.72. The highest BCUT2D eigenvalue weighted by Gasteiger charge is 2.08. The van der Waals surface area contributed by atoms with Crippen LogP contribution in [0.3, 0.4) is 0 Å². The summed E-state index contributed by atoms with van der Waals surface area (Å²) in [5.74, 6) is -0.354. The number of amides is 2. The van der Waals surface area contributed by atoms with Crippen molar-refractivity contribution in [3.05, 3.63) is 84.9 Å². The predicted molar refractivity (Wildman–Crippen MR) is 114 cm³/mol. The number of hydrogen-bond acceptors (Lipinski definition) is 2. The number of anilines is 2. The van der Waals surface area contributed by atoms with Gasteiger partial charge in [0.1, 0.15) is 0 Å². The van der Waals surface area contributed by atoms with Gasteiger partial charge in [0, 0.05) is 24.2 Å². The maximum absolute atomic E-state index is 12.2. The zero-order valence-electron chi connectivity index (χ0n) is 15.3. The van der Waals surface area contributed by atoms with E-state index in [1.54, 1.807) is 0 Å². The molecule has 138 valence electrons. The molecule has 0 fully saturated rings. The lowest BCUT2D eigenvalue weighted by molar-refractivity contribution is -0.121. The molecule has 0 unspecified atom stereocenters. The SMILES string of the molecule is O=C(CCC(=O)Nc1ccc2ccccc2c1)Nc1ccc2ccccc2c1. The molecule has 0 saturated heterocycles. The Morgan fingerprint density at radius 2 is 0.929 bits per heavy atom. The van der Waals surface area contributed by atoms with Crippen LogP contribution in [-0.4, -0.2) is 11.8 Å². The molecule has 0 radical (unpaired) electrons. The minimum atomic E-state index is -0.177. The highest BCUT2D eigenvalue weighted by molar-refractivity contribution is 5.99. The second-order valence-electron chi connectivity index (χ2n) is 6.72. The Balaban J connectivity index is 1.32. The van der Waals surface area contributed by atoms with Crippen molar-refractivity contribution in [2.45, 2.75) is 12.8 Å². The van der Waals surface area contributed by atoms with Crippen LogP contribution >= 0.6 is 0 Å². The van der Waals surface area contributed by atoms with Crippen LogP contribution in [0.5, 0.6) is 0 Å². The fraction of sp³-hybridized carbons (Fsp3) is 0.0833. The molecule has 0 aliphatic rings. The fourth-order valence-corrected chi connectivity index (χ4v) is 3.21. The van der Waals surface area contributed by atoms with Crippen LogP contribution in [0.4, 0.5) is 11.4 Å². The Kier molecular flexibility index (Phi) is 5.02. The molecule has 0 spiro atoms. The zero-order valence-corrected chi connectivity index (χ0v) is 15.3. The van der Waals surface area contributed by atoms with Crippen LogP contribution in [-0.2, 0) is 9.59 Å². The van der Waals surface area contributed by atoms with Gasteiger partial charge in [-0.05, 0) is 45.8 Å². The van der Waals surface area contributed by atoms with E-state index in [9.17, 15) is 9.59 Å². The molecule has 0 bridgehead atoms. The van der Waals surface area contributed by atoms with E-state index in [0.29, 0.717) is 0 Å². The molecule has 2 N–H and O–H groups in total. The number of hydrogen-bond donors (Lipinski definition) is 2. The number of carbonyl (C=O) groups excluding carboxylic acids is 2. The minimum absolute atomic E-state index is 0.131. The second kappa shape index (κ2) is 7.92. The van der Waals surface area contributed by atoms with Gasteiger partial charge in [-0.15, -0.1) is 0 Å². The Morgan fingerprint density at radius 3 is 1.36 bits per heavy atom. The van der Waals surface area contributed by atoms with Crippen LogP contribution in [0.15, 0.2) is 84.9 Å². The summed E-state index contributed by atoms with van der Waals surface area (Å²) in [5.41, 5.74) is 1.47. The summed E-state index contributed by atoms with van der Waals surface area (Å²) in [6.07, 6.45) is 0.262. The maximum atomic E-state index is 12.2. The molecule has 4 aromatic carbocycles. The lowest BCUT2D eigenvalue weighted by atomic mass is 10.1. The number of nitrogens with one attached hydrogen (secondary N) is 2. The van der Waals surface area contributed by atoms with Gasteiger partial charge in [0.15, 0.2) is 0 Å². The first kappa shape index (κ1) is 17.7. The third kappa shape index (κ3) is 4.18. The van der Waals surface area contributed by atoms with Gasteiger partial charge in [-0.25, -0.2) is 0 Å². The molecular weight excluding hydrogens is 348 g/mol. The van der Waals surface area contributed by atoms with Crippen molar-refractivity contribution in [1.82, 2.24) is 0 Å². The van der Waals surface area contributed by atoms with Gasteiger partial charge in [0.05, 0.1) is 0 Å². The van der Waals surface area contributed by atoms with Crippen molar-refractivity contribution < 1.29 is 9.59 Å². The van der Waals surface area contributed by atoms with E-state index in [4.69, 9.17) is 0 Å². The normalized spacial score (nSPS) is 10.7. The van der Waals surface area contributed by atoms with E-state index < -0.39 is 0 Å². The molecule has 0 aliphatic carbocycles. The molecule has 0 saturated carbocycles. The first-order valence-electron chi connectivity index (χ1n) is 9.25. The molecule has 2 amide bonds. The Hall–Kier alpha value is -3.66. The summed E-state index contributed by atoms with van der Waals surface area (Å²) in [6, 6.07) is 27.5. The van der Waals surface area contributed by atoms with Crippen LogP contribution < -0.4 is 10.6 Å². The van der Waals surface area contributed by atoms with E-state index in [1.807, 2.05) is 84.9 Å². The first-order valence-corrected chi connectivity index (χ1v) is 9.25. The van der Waals surface area contributed by atoms with Gasteiger partial charge in [0.2, 0.25) is 11.8 Å². The molecule has 0 heterocycles.